The molecule has 0 aliphatic carbocycles. The summed E-state index contributed by atoms with van der Waals surface area (Å²) in [6.07, 6.45) is 4.49. The molecule has 6 rings (SSSR count). The molecule has 1 heterocycles. The number of amides is 2. The first-order chi connectivity index (χ1) is 25.1. The van der Waals surface area contributed by atoms with Crippen LogP contribution < -0.4 is 21.1 Å². The molecule has 262 valence electrons. The van der Waals surface area contributed by atoms with Crippen molar-refractivity contribution >= 4 is 55.9 Å². The highest BCUT2D eigenvalue weighted by Crippen LogP contribution is 2.35. The highest BCUT2D eigenvalue weighted by atomic mass is 32.2. The van der Waals surface area contributed by atoms with Gasteiger partial charge in [-0.2, -0.15) is 0 Å². The lowest BCUT2D eigenvalue weighted by Crippen LogP contribution is -2.15. The van der Waals surface area contributed by atoms with Gasteiger partial charge in [0, 0.05) is 41.0 Å². The smallest absolute Gasteiger partial charge is 0.255 e. The number of primary amides is 1. The third kappa shape index (κ3) is 7.69. The Kier molecular flexibility index (Phi) is 10.4. The fourth-order valence-corrected chi connectivity index (χ4v) is 7.33. The molecule has 6 aromatic rings. The van der Waals surface area contributed by atoms with E-state index >= 15 is 0 Å². The number of nitrogens with zero attached hydrogens (tertiary/aromatic N) is 1. The Balaban J connectivity index is 1.26. The largest absolute Gasteiger partial charge is 0.497 e. The van der Waals surface area contributed by atoms with E-state index in [0.29, 0.717) is 45.7 Å². The Bertz CT molecular complexity index is 2410. The molecule has 0 radical (unpaired) electrons. The molecule has 0 saturated heterocycles. The van der Waals surface area contributed by atoms with Gasteiger partial charge in [0.25, 0.3) is 11.8 Å². The SMILES string of the molecule is COc1cccc(Nc2c(C(N)=O)cnc3c(C)cc(S(=O)(=O)c4cccc(C(=O)Nc5ccc(-c6ccc(CCCC=O)cc6)cc5)c4)cc23)c1. The molecule has 52 heavy (non-hydrogen) atoms. The highest BCUT2D eigenvalue weighted by molar-refractivity contribution is 7.91. The van der Waals surface area contributed by atoms with Crippen molar-refractivity contribution in [2.75, 3.05) is 17.7 Å². The number of nitrogens with one attached hydrogen (secondary N) is 2. The van der Waals surface area contributed by atoms with Gasteiger partial charge < -0.3 is 25.9 Å². The molecular weight excluding hydrogens is 677 g/mol. The van der Waals surface area contributed by atoms with Crippen molar-refractivity contribution in [3.8, 4) is 16.9 Å². The van der Waals surface area contributed by atoms with Crippen molar-refractivity contribution < 1.29 is 27.5 Å². The number of carbonyl (C=O) groups excluding carboxylic acids is 3. The monoisotopic (exact) mass is 712 g/mol. The molecule has 11 heteroatoms. The number of unbranched alkanes of at least 4 members (excludes halogenated alkanes) is 1. The molecule has 4 N–H and O–H groups in total. The lowest BCUT2D eigenvalue weighted by Gasteiger charge is -2.16. The molecule has 0 atom stereocenters. The van der Waals surface area contributed by atoms with Gasteiger partial charge in [-0.05, 0) is 96.6 Å². The number of carbonyl (C=O) groups is 3. The number of benzene rings is 5. The number of nitrogens with two attached hydrogens (primary N) is 1. The van der Waals surface area contributed by atoms with Crippen LogP contribution in [0.1, 0.15) is 44.7 Å². The first kappa shape index (κ1) is 35.5. The Morgan fingerprint density at radius 1 is 0.846 bits per heavy atom. The number of rotatable bonds is 13. The molecule has 0 bridgehead atoms. The lowest BCUT2D eigenvalue weighted by atomic mass is 10.0. The van der Waals surface area contributed by atoms with Crippen LogP contribution in [0.2, 0.25) is 0 Å². The molecule has 10 nitrogen and oxygen atoms in total. The second-order valence-electron chi connectivity index (χ2n) is 12.2. The van der Waals surface area contributed by atoms with Gasteiger partial charge in [0.15, 0.2) is 0 Å². The number of methoxy groups -OCH3 is 1. The average molecular weight is 713 g/mol. The lowest BCUT2D eigenvalue weighted by molar-refractivity contribution is -0.107. The maximum Gasteiger partial charge on any atom is 0.255 e. The van der Waals surface area contributed by atoms with E-state index in [1.165, 1.54) is 43.6 Å². The van der Waals surface area contributed by atoms with Crippen LogP contribution >= 0.6 is 0 Å². The number of hydrogen-bond donors (Lipinski definition) is 3. The molecule has 0 aliphatic heterocycles. The summed E-state index contributed by atoms with van der Waals surface area (Å²) in [6.45, 7) is 1.73. The summed E-state index contributed by atoms with van der Waals surface area (Å²) in [4.78, 5) is 40.7. The standard InChI is InChI=1S/C41H36N4O6S/c1-26-21-35(24-36-38(26)43-25-37(40(42)47)39(36)44-32-9-6-10-33(23-32)51-2)52(49,50)34-11-5-8-30(22-34)41(48)45-31-18-16-29(17-19-31)28-14-12-27(13-15-28)7-3-4-20-46/h5-6,8-25H,3-4,7H2,1-2H3,(H2,42,47)(H,43,44)(H,45,48). The Hall–Kier alpha value is -6.33. The summed E-state index contributed by atoms with van der Waals surface area (Å²) in [6, 6.07) is 31.4. The highest BCUT2D eigenvalue weighted by Gasteiger charge is 2.23. The number of sulfone groups is 1. The number of aryl methyl sites for hydroxylation is 2. The van der Waals surface area contributed by atoms with E-state index in [-0.39, 0.29) is 20.9 Å². The third-order valence-corrected chi connectivity index (χ3v) is 10.4. The van der Waals surface area contributed by atoms with Crippen LogP contribution in [0, 0.1) is 6.92 Å². The van der Waals surface area contributed by atoms with Crippen molar-refractivity contribution in [2.45, 2.75) is 36.0 Å². The summed E-state index contributed by atoms with van der Waals surface area (Å²) in [5.74, 6) is -0.634. The van der Waals surface area contributed by atoms with Crippen LogP contribution in [-0.4, -0.2) is 38.6 Å². The first-order valence-corrected chi connectivity index (χ1v) is 18.0. The topological polar surface area (TPSA) is 158 Å². The summed E-state index contributed by atoms with van der Waals surface area (Å²) < 4.78 is 33.5. The van der Waals surface area contributed by atoms with E-state index in [4.69, 9.17) is 10.5 Å². The average Bonchev–Trinajstić information content (AvgIpc) is 3.15. The van der Waals surface area contributed by atoms with Gasteiger partial charge in [0.2, 0.25) is 9.84 Å². The van der Waals surface area contributed by atoms with E-state index in [1.807, 2.05) is 36.4 Å². The fraction of sp³-hybridized carbons (Fsp3) is 0.122. The van der Waals surface area contributed by atoms with Crippen molar-refractivity contribution in [3.05, 3.63) is 138 Å². The van der Waals surface area contributed by atoms with E-state index in [0.717, 1.165) is 35.8 Å². The molecule has 0 unspecified atom stereocenters. The Morgan fingerprint density at radius 2 is 1.56 bits per heavy atom. The normalized spacial score (nSPS) is 11.2. The van der Waals surface area contributed by atoms with E-state index in [1.54, 1.807) is 49.4 Å². The minimum atomic E-state index is -4.15. The molecule has 0 fully saturated rings. The summed E-state index contributed by atoms with van der Waals surface area (Å²) in [7, 11) is -2.61. The van der Waals surface area contributed by atoms with Gasteiger partial charge >= 0.3 is 0 Å². The first-order valence-electron chi connectivity index (χ1n) is 16.5. The van der Waals surface area contributed by atoms with Gasteiger partial charge in [-0.3, -0.25) is 14.6 Å². The zero-order valence-electron chi connectivity index (χ0n) is 28.6. The predicted octanol–water partition coefficient (Wildman–Crippen LogP) is 7.67. The molecule has 5 aromatic carbocycles. The molecular formula is C41H36N4O6S. The quantitative estimate of drug-likeness (QED) is 0.0813. The zero-order chi connectivity index (χ0) is 36.8. The predicted molar refractivity (Wildman–Crippen MR) is 202 cm³/mol. The minimum absolute atomic E-state index is 0.0447. The fourth-order valence-electron chi connectivity index (χ4n) is 5.91. The van der Waals surface area contributed by atoms with Crippen molar-refractivity contribution in [3.63, 3.8) is 0 Å². The van der Waals surface area contributed by atoms with Crippen molar-refractivity contribution in [2.24, 2.45) is 5.73 Å². The number of hydrogen-bond acceptors (Lipinski definition) is 8. The number of aromatic nitrogens is 1. The molecule has 0 spiro atoms. The maximum atomic E-state index is 14.1. The summed E-state index contributed by atoms with van der Waals surface area (Å²) in [5.41, 5.74) is 11.6. The van der Waals surface area contributed by atoms with E-state index in [2.05, 4.69) is 15.6 Å². The van der Waals surface area contributed by atoms with Crippen LogP contribution in [-0.2, 0) is 21.1 Å². The van der Waals surface area contributed by atoms with Gasteiger partial charge in [0.05, 0.1) is 33.7 Å². The van der Waals surface area contributed by atoms with Crippen LogP contribution in [0.25, 0.3) is 22.0 Å². The van der Waals surface area contributed by atoms with Gasteiger partial charge in [-0.15, -0.1) is 0 Å². The van der Waals surface area contributed by atoms with Crippen LogP contribution in [0.5, 0.6) is 5.75 Å². The van der Waals surface area contributed by atoms with Crippen LogP contribution in [0.3, 0.4) is 0 Å². The molecule has 1 aromatic heterocycles. The van der Waals surface area contributed by atoms with Crippen LogP contribution in [0.15, 0.2) is 125 Å². The number of pyridine rings is 1. The minimum Gasteiger partial charge on any atom is -0.497 e. The number of fused-ring (bicyclic) bond motifs is 1. The van der Waals surface area contributed by atoms with Crippen molar-refractivity contribution in [1.29, 1.82) is 0 Å². The third-order valence-electron chi connectivity index (χ3n) is 8.67. The molecule has 0 aliphatic rings. The van der Waals surface area contributed by atoms with E-state index in [9.17, 15) is 22.8 Å². The Labute approximate surface area is 301 Å². The van der Waals surface area contributed by atoms with Gasteiger partial charge in [-0.1, -0.05) is 48.5 Å². The van der Waals surface area contributed by atoms with Gasteiger partial charge in [-0.25, -0.2) is 8.42 Å². The second-order valence-corrected chi connectivity index (χ2v) is 14.2. The van der Waals surface area contributed by atoms with Crippen molar-refractivity contribution in [1.82, 2.24) is 4.98 Å². The summed E-state index contributed by atoms with van der Waals surface area (Å²) in [5, 5.41) is 6.44. The number of ether oxygens (including phenoxy) is 1. The van der Waals surface area contributed by atoms with E-state index < -0.39 is 21.7 Å². The molecule has 0 saturated carbocycles. The zero-order valence-corrected chi connectivity index (χ0v) is 29.4. The Morgan fingerprint density at radius 3 is 2.25 bits per heavy atom. The van der Waals surface area contributed by atoms with Crippen LogP contribution in [0.4, 0.5) is 17.1 Å². The van der Waals surface area contributed by atoms with Gasteiger partial charge in [0.1, 0.15) is 12.0 Å². The number of anilines is 3. The maximum absolute atomic E-state index is 14.1. The number of aldehydes is 1. The summed E-state index contributed by atoms with van der Waals surface area (Å²) >= 11 is 0. The molecule has 2 amide bonds. The second kappa shape index (κ2) is 15.3.